The van der Waals surface area contributed by atoms with Crippen molar-refractivity contribution in [2.75, 3.05) is 39.7 Å². The maximum Gasteiger partial charge on any atom is 0.257 e. The van der Waals surface area contributed by atoms with Crippen LogP contribution >= 0.6 is 0 Å². The minimum atomic E-state index is -0.278. The van der Waals surface area contributed by atoms with Crippen molar-refractivity contribution in [2.24, 2.45) is 0 Å². The largest absolute Gasteiger partial charge is 0.385 e. The number of aryl methyl sites for hydroxylation is 1. The van der Waals surface area contributed by atoms with Crippen molar-refractivity contribution in [3.05, 3.63) is 29.8 Å². The monoisotopic (exact) mass is 357 g/mol. The number of para-hydroxylation sites is 2. The number of carbonyl (C=O) groups excluding carboxylic acids is 1. The van der Waals surface area contributed by atoms with Crippen molar-refractivity contribution in [3.8, 4) is 0 Å². The van der Waals surface area contributed by atoms with Gasteiger partial charge in [0.2, 0.25) is 0 Å². The highest BCUT2D eigenvalue weighted by molar-refractivity contribution is 6.10. The molecule has 3 N–H and O–H groups in total. The number of nitrogens with two attached hydrogens (primary N) is 1. The van der Waals surface area contributed by atoms with E-state index in [2.05, 4.69) is 10.3 Å². The zero-order chi connectivity index (χ0) is 18.5. The van der Waals surface area contributed by atoms with E-state index in [9.17, 15) is 4.79 Å². The van der Waals surface area contributed by atoms with Gasteiger partial charge in [0.1, 0.15) is 16.9 Å². The number of anilines is 1. The van der Waals surface area contributed by atoms with Gasteiger partial charge in [0.25, 0.3) is 5.91 Å². The van der Waals surface area contributed by atoms with Crippen LogP contribution < -0.4 is 11.1 Å². The number of rotatable bonds is 8. The Kier molecular flexibility index (Phi) is 5.65. The molecule has 0 aliphatic rings. The number of benzene rings is 1. The van der Waals surface area contributed by atoms with Crippen molar-refractivity contribution in [1.82, 2.24) is 19.9 Å². The number of nitrogens with zero attached hydrogens (tertiary/aromatic N) is 3. The number of hydrogen-bond acceptors (Lipinski definition) is 6. The maximum atomic E-state index is 12.7. The SMILES string of the molecule is COCCCn1c(N)c(C(=O)NCCOC)c2nc3ccccc3nc21. The summed E-state index contributed by atoms with van der Waals surface area (Å²) in [6.45, 7) is 2.00. The van der Waals surface area contributed by atoms with Gasteiger partial charge in [-0.15, -0.1) is 0 Å². The third-order valence-corrected chi connectivity index (χ3v) is 4.14. The summed E-state index contributed by atoms with van der Waals surface area (Å²) in [4.78, 5) is 22.0. The van der Waals surface area contributed by atoms with E-state index in [0.29, 0.717) is 48.8 Å². The van der Waals surface area contributed by atoms with Gasteiger partial charge in [-0.05, 0) is 18.6 Å². The molecule has 1 aromatic carbocycles. The minimum absolute atomic E-state index is 0.278. The normalized spacial score (nSPS) is 11.3. The Morgan fingerprint density at radius 3 is 2.54 bits per heavy atom. The molecule has 0 spiro atoms. The van der Waals surface area contributed by atoms with Crippen molar-refractivity contribution in [3.63, 3.8) is 0 Å². The molecular formula is C18H23N5O3. The number of amides is 1. The summed E-state index contributed by atoms with van der Waals surface area (Å²) >= 11 is 0. The third kappa shape index (κ3) is 3.47. The Hall–Kier alpha value is -2.71. The lowest BCUT2D eigenvalue weighted by atomic mass is 10.2. The van der Waals surface area contributed by atoms with Crippen LogP contribution in [0.2, 0.25) is 0 Å². The Balaban J connectivity index is 2.10. The number of ether oxygens (including phenoxy) is 2. The van der Waals surface area contributed by atoms with Gasteiger partial charge < -0.3 is 25.1 Å². The summed E-state index contributed by atoms with van der Waals surface area (Å²) < 4.78 is 11.9. The van der Waals surface area contributed by atoms with Crippen LogP contribution in [0.4, 0.5) is 5.82 Å². The van der Waals surface area contributed by atoms with Crippen molar-refractivity contribution < 1.29 is 14.3 Å². The molecule has 3 rings (SSSR count). The highest BCUT2D eigenvalue weighted by Gasteiger charge is 2.23. The molecule has 138 valence electrons. The molecule has 8 heteroatoms. The highest BCUT2D eigenvalue weighted by Crippen LogP contribution is 2.28. The first-order valence-corrected chi connectivity index (χ1v) is 8.48. The lowest BCUT2D eigenvalue weighted by Gasteiger charge is -2.07. The van der Waals surface area contributed by atoms with Crippen LogP contribution in [0, 0.1) is 0 Å². The second-order valence-corrected chi connectivity index (χ2v) is 5.89. The number of methoxy groups -OCH3 is 2. The molecular weight excluding hydrogens is 334 g/mol. The lowest BCUT2D eigenvalue weighted by molar-refractivity contribution is 0.0939. The second-order valence-electron chi connectivity index (χ2n) is 5.89. The summed E-state index contributed by atoms with van der Waals surface area (Å²) in [7, 11) is 3.24. The highest BCUT2D eigenvalue weighted by atomic mass is 16.5. The summed E-state index contributed by atoms with van der Waals surface area (Å²) in [5, 5.41) is 2.81. The molecule has 26 heavy (non-hydrogen) atoms. The zero-order valence-electron chi connectivity index (χ0n) is 15.0. The Morgan fingerprint density at radius 2 is 1.85 bits per heavy atom. The topological polar surface area (TPSA) is 104 Å². The van der Waals surface area contributed by atoms with E-state index in [-0.39, 0.29) is 5.91 Å². The molecule has 1 amide bonds. The van der Waals surface area contributed by atoms with Crippen molar-refractivity contribution >= 4 is 33.9 Å². The Morgan fingerprint density at radius 1 is 1.15 bits per heavy atom. The first kappa shape index (κ1) is 18.1. The molecule has 8 nitrogen and oxygen atoms in total. The van der Waals surface area contributed by atoms with E-state index in [1.165, 1.54) is 0 Å². The molecule has 0 saturated heterocycles. The van der Waals surface area contributed by atoms with Crippen LogP contribution in [0.5, 0.6) is 0 Å². The summed E-state index contributed by atoms with van der Waals surface area (Å²) in [6, 6.07) is 7.55. The number of hydrogen-bond donors (Lipinski definition) is 2. The molecule has 0 aliphatic heterocycles. The average molecular weight is 357 g/mol. The standard InChI is InChI=1S/C18H23N5O3/c1-25-10-5-9-23-16(19)14(18(24)20-8-11-26-2)15-17(23)22-13-7-4-3-6-12(13)21-15/h3-4,6-7H,5,8-11,19H2,1-2H3,(H,20,24). The molecule has 2 aromatic heterocycles. The van der Waals surface area contributed by atoms with Gasteiger partial charge in [-0.2, -0.15) is 0 Å². The smallest absolute Gasteiger partial charge is 0.257 e. The number of nitrogen functional groups attached to an aromatic ring is 1. The number of nitrogens with one attached hydrogen (secondary N) is 1. The Bertz CT molecular complexity index is 922. The van der Waals surface area contributed by atoms with E-state index < -0.39 is 0 Å². The number of aromatic nitrogens is 3. The minimum Gasteiger partial charge on any atom is -0.385 e. The van der Waals surface area contributed by atoms with Crippen LogP contribution in [0.25, 0.3) is 22.2 Å². The quantitative estimate of drug-likeness (QED) is 0.593. The van der Waals surface area contributed by atoms with Gasteiger partial charge in [0.15, 0.2) is 5.65 Å². The van der Waals surface area contributed by atoms with Gasteiger partial charge in [-0.25, -0.2) is 9.97 Å². The molecule has 0 radical (unpaired) electrons. The molecule has 0 bridgehead atoms. The van der Waals surface area contributed by atoms with Crippen LogP contribution in [0.15, 0.2) is 24.3 Å². The molecule has 0 aliphatic carbocycles. The second kappa shape index (κ2) is 8.11. The molecule has 3 aromatic rings. The summed E-state index contributed by atoms with van der Waals surface area (Å²) in [5.74, 6) is 0.0842. The molecule has 0 unspecified atom stereocenters. The van der Waals surface area contributed by atoms with E-state index in [0.717, 1.165) is 17.5 Å². The van der Waals surface area contributed by atoms with Crippen LogP contribution in [0.3, 0.4) is 0 Å². The summed E-state index contributed by atoms with van der Waals surface area (Å²) in [6.07, 6.45) is 0.754. The van der Waals surface area contributed by atoms with E-state index >= 15 is 0 Å². The van der Waals surface area contributed by atoms with Gasteiger partial charge in [0.05, 0.1) is 17.6 Å². The lowest BCUT2D eigenvalue weighted by Crippen LogP contribution is -2.27. The summed E-state index contributed by atoms with van der Waals surface area (Å²) in [5.41, 5.74) is 9.27. The maximum absolute atomic E-state index is 12.7. The van der Waals surface area contributed by atoms with E-state index in [1.807, 2.05) is 28.8 Å². The van der Waals surface area contributed by atoms with Crippen LogP contribution in [-0.2, 0) is 16.0 Å². The molecule has 0 atom stereocenters. The van der Waals surface area contributed by atoms with Crippen LogP contribution in [-0.4, -0.2) is 54.4 Å². The first-order chi connectivity index (χ1) is 12.7. The molecule has 2 heterocycles. The van der Waals surface area contributed by atoms with Crippen molar-refractivity contribution in [2.45, 2.75) is 13.0 Å². The Labute approximate surface area is 151 Å². The van der Waals surface area contributed by atoms with Crippen LogP contribution in [0.1, 0.15) is 16.8 Å². The fourth-order valence-electron chi connectivity index (χ4n) is 2.89. The number of carbonyl (C=O) groups is 1. The van der Waals surface area contributed by atoms with E-state index in [1.54, 1.807) is 14.2 Å². The first-order valence-electron chi connectivity index (χ1n) is 8.48. The predicted octanol–water partition coefficient (Wildman–Crippen LogP) is 1.58. The van der Waals surface area contributed by atoms with E-state index in [4.69, 9.17) is 20.2 Å². The molecule has 0 fully saturated rings. The average Bonchev–Trinajstić information content (AvgIpc) is 2.91. The zero-order valence-corrected chi connectivity index (χ0v) is 15.0. The molecule has 0 saturated carbocycles. The fraction of sp³-hybridized carbons (Fsp3) is 0.389. The third-order valence-electron chi connectivity index (χ3n) is 4.14. The predicted molar refractivity (Wildman–Crippen MR) is 100 cm³/mol. The van der Waals surface area contributed by atoms with Gasteiger partial charge >= 0.3 is 0 Å². The number of fused-ring (bicyclic) bond motifs is 2. The van der Waals surface area contributed by atoms with Gasteiger partial charge in [-0.3, -0.25) is 4.79 Å². The van der Waals surface area contributed by atoms with Gasteiger partial charge in [0, 0.05) is 33.9 Å². The van der Waals surface area contributed by atoms with Crippen molar-refractivity contribution in [1.29, 1.82) is 0 Å². The fourth-order valence-corrected chi connectivity index (χ4v) is 2.89. The van der Waals surface area contributed by atoms with Gasteiger partial charge in [-0.1, -0.05) is 12.1 Å².